The van der Waals surface area contributed by atoms with Crippen molar-refractivity contribution in [1.29, 1.82) is 0 Å². The third kappa shape index (κ3) is 4.54. The molecule has 32 heavy (non-hydrogen) atoms. The standard InChI is InChI=1S/C22H24N6O3S/c1-14-12-23-19(24-13-14)10-11-32-27-22-26-25-21(18-9-8-15(2)31-18)28(22)20-16(29-3)6-5-7-17(20)30-4/h5-9,12-13H,10-11H2,1-4H3,(H,26,27). The number of methoxy groups -OCH3 is 2. The number of rotatable bonds is 9. The summed E-state index contributed by atoms with van der Waals surface area (Å²) in [5.41, 5.74) is 1.72. The van der Waals surface area contributed by atoms with Crippen LogP contribution in [0.3, 0.4) is 0 Å². The van der Waals surface area contributed by atoms with Crippen LogP contribution in [0.1, 0.15) is 17.1 Å². The molecule has 0 aliphatic rings. The molecule has 0 spiro atoms. The first-order chi connectivity index (χ1) is 15.6. The van der Waals surface area contributed by atoms with Gasteiger partial charge in [0, 0.05) is 24.6 Å². The maximum Gasteiger partial charge on any atom is 0.239 e. The van der Waals surface area contributed by atoms with E-state index in [1.165, 1.54) is 11.9 Å². The van der Waals surface area contributed by atoms with E-state index in [2.05, 4.69) is 24.9 Å². The summed E-state index contributed by atoms with van der Waals surface area (Å²) in [5.74, 6) is 5.21. The van der Waals surface area contributed by atoms with E-state index >= 15 is 0 Å². The highest BCUT2D eigenvalue weighted by Crippen LogP contribution is 2.38. The number of nitrogens with one attached hydrogen (secondary N) is 1. The van der Waals surface area contributed by atoms with Crippen molar-refractivity contribution in [2.45, 2.75) is 20.3 Å². The molecule has 166 valence electrons. The number of furan rings is 1. The molecule has 4 aromatic rings. The van der Waals surface area contributed by atoms with E-state index < -0.39 is 0 Å². The Bertz CT molecular complexity index is 1170. The van der Waals surface area contributed by atoms with Gasteiger partial charge in [0.05, 0.1) is 14.2 Å². The lowest BCUT2D eigenvalue weighted by Crippen LogP contribution is -2.07. The largest absolute Gasteiger partial charge is 0.494 e. The summed E-state index contributed by atoms with van der Waals surface area (Å²) in [5, 5.41) is 8.74. The van der Waals surface area contributed by atoms with Crippen LogP contribution in [0.2, 0.25) is 0 Å². The number of anilines is 1. The molecule has 4 rings (SSSR count). The van der Waals surface area contributed by atoms with E-state index in [1.54, 1.807) is 14.2 Å². The van der Waals surface area contributed by atoms with Gasteiger partial charge in [0.15, 0.2) is 5.76 Å². The third-order valence-electron chi connectivity index (χ3n) is 4.67. The van der Waals surface area contributed by atoms with Crippen molar-refractivity contribution in [3.63, 3.8) is 0 Å². The van der Waals surface area contributed by atoms with Crippen molar-refractivity contribution in [3.8, 4) is 28.8 Å². The van der Waals surface area contributed by atoms with Gasteiger partial charge in [-0.3, -0.25) is 9.29 Å². The second-order valence-electron chi connectivity index (χ2n) is 6.98. The lowest BCUT2D eigenvalue weighted by Gasteiger charge is -2.16. The number of aromatic nitrogens is 5. The van der Waals surface area contributed by atoms with Crippen LogP contribution in [-0.4, -0.2) is 44.7 Å². The Balaban J connectivity index is 1.65. The Kier molecular flexibility index (Phi) is 6.60. The van der Waals surface area contributed by atoms with E-state index in [0.717, 1.165) is 22.9 Å². The zero-order chi connectivity index (χ0) is 22.5. The second kappa shape index (κ2) is 9.73. The van der Waals surface area contributed by atoms with E-state index in [1.807, 2.05) is 61.1 Å². The molecule has 0 unspecified atom stereocenters. The first-order valence-corrected chi connectivity index (χ1v) is 11.0. The summed E-state index contributed by atoms with van der Waals surface area (Å²) in [6.07, 6.45) is 4.36. The van der Waals surface area contributed by atoms with Crippen molar-refractivity contribution in [2.75, 3.05) is 24.7 Å². The SMILES string of the molecule is COc1cccc(OC)c1-n1c(NSCCc2ncc(C)cn2)nnc1-c1ccc(C)o1. The highest BCUT2D eigenvalue weighted by Gasteiger charge is 2.23. The minimum atomic E-state index is 0.520. The van der Waals surface area contributed by atoms with Crippen molar-refractivity contribution in [1.82, 2.24) is 24.7 Å². The minimum Gasteiger partial charge on any atom is -0.494 e. The number of benzene rings is 1. The number of ether oxygens (including phenoxy) is 2. The normalized spacial score (nSPS) is 10.9. The molecular weight excluding hydrogens is 428 g/mol. The quantitative estimate of drug-likeness (QED) is 0.295. The van der Waals surface area contributed by atoms with Crippen LogP contribution in [0.5, 0.6) is 11.5 Å². The van der Waals surface area contributed by atoms with Gasteiger partial charge in [-0.2, -0.15) is 0 Å². The van der Waals surface area contributed by atoms with E-state index in [4.69, 9.17) is 13.9 Å². The van der Waals surface area contributed by atoms with Gasteiger partial charge in [-0.05, 0) is 55.6 Å². The van der Waals surface area contributed by atoms with Gasteiger partial charge in [0.25, 0.3) is 0 Å². The molecule has 0 radical (unpaired) electrons. The second-order valence-corrected chi connectivity index (χ2v) is 7.88. The molecule has 0 saturated carbocycles. The maximum atomic E-state index is 5.83. The van der Waals surface area contributed by atoms with Gasteiger partial charge in [-0.1, -0.05) is 6.07 Å². The number of hydrogen-bond acceptors (Lipinski definition) is 9. The summed E-state index contributed by atoms with van der Waals surface area (Å²) in [7, 11) is 3.23. The molecule has 10 heteroatoms. The van der Waals surface area contributed by atoms with Crippen LogP contribution in [0.4, 0.5) is 5.95 Å². The fourth-order valence-corrected chi connectivity index (χ4v) is 3.78. The van der Waals surface area contributed by atoms with E-state index in [0.29, 0.717) is 41.1 Å². The van der Waals surface area contributed by atoms with Crippen LogP contribution < -0.4 is 14.2 Å². The van der Waals surface area contributed by atoms with Crippen molar-refractivity contribution < 1.29 is 13.9 Å². The lowest BCUT2D eigenvalue weighted by molar-refractivity contribution is 0.391. The van der Waals surface area contributed by atoms with Crippen LogP contribution in [-0.2, 0) is 6.42 Å². The number of hydrogen-bond donors (Lipinski definition) is 1. The summed E-state index contributed by atoms with van der Waals surface area (Å²) < 4.78 is 22.2. The molecule has 1 N–H and O–H groups in total. The number of nitrogens with zero attached hydrogens (tertiary/aromatic N) is 5. The lowest BCUT2D eigenvalue weighted by atomic mass is 10.2. The third-order valence-corrected chi connectivity index (χ3v) is 5.41. The molecule has 0 bridgehead atoms. The Morgan fingerprint density at radius 1 is 1.00 bits per heavy atom. The predicted molar refractivity (Wildman–Crippen MR) is 123 cm³/mol. The predicted octanol–water partition coefficient (Wildman–Crippen LogP) is 4.25. The first-order valence-electron chi connectivity index (χ1n) is 9.99. The average Bonchev–Trinajstić information content (AvgIpc) is 3.43. The molecule has 1 aromatic carbocycles. The molecule has 0 aliphatic heterocycles. The van der Waals surface area contributed by atoms with E-state index in [9.17, 15) is 0 Å². The van der Waals surface area contributed by atoms with Crippen LogP contribution in [0, 0.1) is 13.8 Å². The van der Waals surface area contributed by atoms with Crippen molar-refractivity contribution in [2.24, 2.45) is 0 Å². The fourth-order valence-electron chi connectivity index (χ4n) is 3.13. The molecule has 0 atom stereocenters. The molecule has 9 nitrogen and oxygen atoms in total. The van der Waals surface area contributed by atoms with Crippen LogP contribution >= 0.6 is 11.9 Å². The van der Waals surface area contributed by atoms with Gasteiger partial charge in [-0.15, -0.1) is 10.2 Å². The van der Waals surface area contributed by atoms with E-state index in [-0.39, 0.29) is 0 Å². The monoisotopic (exact) mass is 452 g/mol. The Morgan fingerprint density at radius 2 is 1.72 bits per heavy atom. The number of aryl methyl sites for hydroxylation is 3. The molecule has 0 saturated heterocycles. The number of para-hydroxylation sites is 1. The Morgan fingerprint density at radius 3 is 2.34 bits per heavy atom. The minimum absolute atomic E-state index is 0.520. The summed E-state index contributed by atoms with van der Waals surface area (Å²) in [6, 6.07) is 9.34. The van der Waals surface area contributed by atoms with Crippen molar-refractivity contribution in [3.05, 3.63) is 59.9 Å². The van der Waals surface area contributed by atoms with Crippen molar-refractivity contribution >= 4 is 17.9 Å². The maximum absolute atomic E-state index is 5.83. The summed E-state index contributed by atoms with van der Waals surface area (Å²) in [4.78, 5) is 8.70. The van der Waals surface area contributed by atoms with Crippen LogP contribution in [0.25, 0.3) is 17.3 Å². The molecule has 0 amide bonds. The fraction of sp³-hybridized carbons (Fsp3) is 0.273. The highest BCUT2D eigenvalue weighted by molar-refractivity contribution is 8.00. The first kappa shape index (κ1) is 21.7. The zero-order valence-corrected chi connectivity index (χ0v) is 19.1. The highest BCUT2D eigenvalue weighted by atomic mass is 32.2. The molecule has 3 aromatic heterocycles. The molecule has 0 aliphatic carbocycles. The smallest absolute Gasteiger partial charge is 0.239 e. The summed E-state index contributed by atoms with van der Waals surface area (Å²) in [6.45, 7) is 3.85. The average molecular weight is 453 g/mol. The van der Waals surface area contributed by atoms with Gasteiger partial charge in [0.2, 0.25) is 11.8 Å². The van der Waals surface area contributed by atoms with Crippen LogP contribution in [0.15, 0.2) is 47.1 Å². The Hall–Kier alpha value is -3.53. The topological polar surface area (TPSA) is 100 Å². The summed E-state index contributed by atoms with van der Waals surface area (Å²) >= 11 is 1.49. The Labute approximate surface area is 190 Å². The van der Waals surface area contributed by atoms with Gasteiger partial charge >= 0.3 is 0 Å². The van der Waals surface area contributed by atoms with Gasteiger partial charge in [-0.25, -0.2) is 9.97 Å². The molecule has 0 fully saturated rings. The van der Waals surface area contributed by atoms with Gasteiger partial charge in [0.1, 0.15) is 28.8 Å². The molecular formula is C22H24N6O3S. The van der Waals surface area contributed by atoms with Gasteiger partial charge < -0.3 is 13.9 Å². The zero-order valence-electron chi connectivity index (χ0n) is 18.3. The molecule has 3 heterocycles.